The second kappa shape index (κ2) is 5.36. The SMILES string of the molecule is O=C(c1csnn1)N1CCCCCC1CO. The standard InChI is InChI=1S/C10H15N3O2S/c14-6-8-4-2-1-3-5-13(8)10(15)9-7-16-12-11-9/h7-8,14H,1-6H2. The summed E-state index contributed by atoms with van der Waals surface area (Å²) >= 11 is 1.17. The first-order valence-electron chi connectivity index (χ1n) is 5.52. The van der Waals surface area contributed by atoms with Gasteiger partial charge in [0.15, 0.2) is 5.69 Å². The van der Waals surface area contributed by atoms with Gasteiger partial charge in [0.2, 0.25) is 0 Å². The Labute approximate surface area is 98.2 Å². The quantitative estimate of drug-likeness (QED) is 0.836. The summed E-state index contributed by atoms with van der Waals surface area (Å²) in [5, 5.41) is 14.7. The van der Waals surface area contributed by atoms with E-state index in [1.54, 1.807) is 10.3 Å². The molecule has 0 spiro atoms. The van der Waals surface area contributed by atoms with Crippen LogP contribution in [-0.2, 0) is 0 Å². The van der Waals surface area contributed by atoms with Gasteiger partial charge in [-0.3, -0.25) is 4.79 Å². The predicted molar refractivity (Wildman–Crippen MR) is 60.3 cm³/mol. The van der Waals surface area contributed by atoms with Gasteiger partial charge < -0.3 is 10.0 Å². The maximum Gasteiger partial charge on any atom is 0.275 e. The van der Waals surface area contributed by atoms with Crippen molar-refractivity contribution in [2.24, 2.45) is 0 Å². The normalized spacial score (nSPS) is 21.8. The minimum Gasteiger partial charge on any atom is -0.394 e. The number of hydrogen-bond acceptors (Lipinski definition) is 5. The first-order chi connectivity index (χ1) is 7.83. The molecule has 1 aliphatic heterocycles. The highest BCUT2D eigenvalue weighted by Gasteiger charge is 2.26. The Morgan fingerprint density at radius 2 is 2.44 bits per heavy atom. The van der Waals surface area contributed by atoms with Gasteiger partial charge >= 0.3 is 0 Å². The van der Waals surface area contributed by atoms with Crippen LogP contribution in [0.1, 0.15) is 36.2 Å². The Kier molecular flexibility index (Phi) is 3.84. The van der Waals surface area contributed by atoms with Gasteiger partial charge in [0.05, 0.1) is 12.6 Å². The first-order valence-corrected chi connectivity index (χ1v) is 6.35. The van der Waals surface area contributed by atoms with Gasteiger partial charge in [0.25, 0.3) is 5.91 Å². The summed E-state index contributed by atoms with van der Waals surface area (Å²) in [5.41, 5.74) is 0.394. The third-order valence-corrected chi connectivity index (χ3v) is 3.43. The summed E-state index contributed by atoms with van der Waals surface area (Å²) in [6, 6.07) is -0.0586. The largest absolute Gasteiger partial charge is 0.394 e. The van der Waals surface area contributed by atoms with Crippen molar-refractivity contribution in [1.29, 1.82) is 0 Å². The monoisotopic (exact) mass is 241 g/mol. The Bertz CT molecular complexity index is 342. The third-order valence-electron chi connectivity index (χ3n) is 2.93. The van der Waals surface area contributed by atoms with Gasteiger partial charge in [-0.25, -0.2) is 0 Å². The molecule has 88 valence electrons. The fraction of sp³-hybridized carbons (Fsp3) is 0.700. The number of carbonyl (C=O) groups is 1. The predicted octanol–water partition coefficient (Wildman–Crippen LogP) is 0.915. The summed E-state index contributed by atoms with van der Waals surface area (Å²) in [5.74, 6) is -0.102. The van der Waals surface area contributed by atoms with Gasteiger partial charge in [-0.1, -0.05) is 17.3 Å². The fourth-order valence-electron chi connectivity index (χ4n) is 2.04. The van der Waals surface area contributed by atoms with E-state index in [1.165, 1.54) is 11.5 Å². The molecule has 1 aromatic heterocycles. The highest BCUT2D eigenvalue weighted by atomic mass is 32.1. The maximum atomic E-state index is 12.1. The van der Waals surface area contributed by atoms with E-state index in [1.807, 2.05) is 0 Å². The van der Waals surface area contributed by atoms with E-state index in [0.717, 1.165) is 25.7 Å². The molecule has 2 rings (SSSR count). The van der Waals surface area contributed by atoms with Crippen molar-refractivity contribution in [3.8, 4) is 0 Å². The van der Waals surface area contributed by atoms with Crippen molar-refractivity contribution >= 4 is 17.4 Å². The van der Waals surface area contributed by atoms with E-state index >= 15 is 0 Å². The smallest absolute Gasteiger partial charge is 0.275 e. The third kappa shape index (κ3) is 2.38. The highest BCUT2D eigenvalue weighted by molar-refractivity contribution is 7.03. The Morgan fingerprint density at radius 3 is 3.12 bits per heavy atom. The summed E-state index contributed by atoms with van der Waals surface area (Å²) < 4.78 is 3.69. The molecule has 1 fully saturated rings. The topological polar surface area (TPSA) is 66.3 Å². The van der Waals surface area contributed by atoms with Gasteiger partial charge in [0.1, 0.15) is 0 Å². The van der Waals surface area contributed by atoms with Gasteiger partial charge in [-0.2, -0.15) is 0 Å². The lowest BCUT2D eigenvalue weighted by Crippen LogP contribution is -2.42. The number of aromatic nitrogens is 2. The van der Waals surface area contributed by atoms with Crippen LogP contribution in [-0.4, -0.2) is 44.7 Å². The molecule has 0 aromatic carbocycles. The zero-order valence-corrected chi connectivity index (χ0v) is 9.82. The van der Waals surface area contributed by atoms with Crippen LogP contribution in [0.3, 0.4) is 0 Å². The molecule has 2 heterocycles. The molecule has 1 atom stereocenters. The zero-order chi connectivity index (χ0) is 11.4. The Balaban J connectivity index is 2.13. The Morgan fingerprint density at radius 1 is 1.56 bits per heavy atom. The van der Waals surface area contributed by atoms with E-state index < -0.39 is 0 Å². The second-order valence-electron chi connectivity index (χ2n) is 3.97. The number of nitrogens with zero attached hydrogens (tertiary/aromatic N) is 3. The van der Waals surface area contributed by atoms with Gasteiger partial charge in [0, 0.05) is 11.9 Å². The first kappa shape index (κ1) is 11.5. The molecule has 16 heavy (non-hydrogen) atoms. The van der Waals surface area contributed by atoms with Crippen LogP contribution in [0, 0.1) is 0 Å². The summed E-state index contributed by atoms with van der Waals surface area (Å²) in [4.78, 5) is 13.8. The van der Waals surface area contributed by atoms with E-state index in [4.69, 9.17) is 0 Å². The number of amides is 1. The average Bonchev–Trinajstić information content (AvgIpc) is 2.73. The van der Waals surface area contributed by atoms with Crippen molar-refractivity contribution < 1.29 is 9.90 Å². The van der Waals surface area contributed by atoms with Crippen LogP contribution in [0.15, 0.2) is 5.38 Å². The summed E-state index contributed by atoms with van der Waals surface area (Å²) in [6.45, 7) is 0.741. The lowest BCUT2D eigenvalue weighted by atomic mass is 10.1. The van der Waals surface area contributed by atoms with Crippen molar-refractivity contribution in [2.45, 2.75) is 31.7 Å². The number of carbonyl (C=O) groups excluding carboxylic acids is 1. The maximum absolute atomic E-state index is 12.1. The van der Waals surface area contributed by atoms with E-state index in [0.29, 0.717) is 12.2 Å². The molecule has 1 aliphatic rings. The van der Waals surface area contributed by atoms with Crippen LogP contribution in [0.25, 0.3) is 0 Å². The number of rotatable bonds is 2. The molecule has 1 amide bonds. The number of aliphatic hydroxyl groups is 1. The summed E-state index contributed by atoms with van der Waals surface area (Å²) in [6.07, 6.45) is 4.07. The molecule has 0 aliphatic carbocycles. The van der Waals surface area contributed by atoms with Crippen LogP contribution >= 0.6 is 11.5 Å². The molecule has 1 aromatic rings. The van der Waals surface area contributed by atoms with Crippen molar-refractivity contribution in [3.63, 3.8) is 0 Å². The molecule has 0 saturated carbocycles. The molecule has 1 saturated heterocycles. The molecule has 0 radical (unpaired) electrons. The van der Waals surface area contributed by atoms with Crippen molar-refractivity contribution in [2.75, 3.05) is 13.2 Å². The molecular weight excluding hydrogens is 226 g/mol. The van der Waals surface area contributed by atoms with Crippen LogP contribution in [0.2, 0.25) is 0 Å². The molecule has 1 N–H and O–H groups in total. The van der Waals surface area contributed by atoms with Crippen LogP contribution in [0.5, 0.6) is 0 Å². The minimum absolute atomic E-state index is 0.0311. The second-order valence-corrected chi connectivity index (χ2v) is 4.58. The number of aliphatic hydroxyl groups excluding tert-OH is 1. The van der Waals surface area contributed by atoms with Crippen LogP contribution in [0.4, 0.5) is 0 Å². The molecule has 6 heteroatoms. The molecule has 1 unspecified atom stereocenters. The average molecular weight is 241 g/mol. The number of likely N-dealkylation sites (tertiary alicyclic amines) is 1. The zero-order valence-electron chi connectivity index (χ0n) is 9.00. The van der Waals surface area contributed by atoms with Crippen LogP contribution < -0.4 is 0 Å². The highest BCUT2D eigenvalue weighted by Crippen LogP contribution is 2.18. The molecule has 0 bridgehead atoms. The van der Waals surface area contributed by atoms with E-state index in [-0.39, 0.29) is 18.6 Å². The molecule has 5 nitrogen and oxygen atoms in total. The van der Waals surface area contributed by atoms with E-state index in [2.05, 4.69) is 9.59 Å². The van der Waals surface area contributed by atoms with Crippen molar-refractivity contribution in [3.05, 3.63) is 11.1 Å². The van der Waals surface area contributed by atoms with E-state index in [9.17, 15) is 9.90 Å². The summed E-state index contributed by atoms with van der Waals surface area (Å²) in [7, 11) is 0. The minimum atomic E-state index is -0.102. The van der Waals surface area contributed by atoms with Gasteiger partial charge in [-0.05, 0) is 24.4 Å². The number of hydrogen-bond donors (Lipinski definition) is 1. The molecular formula is C10H15N3O2S. The lowest BCUT2D eigenvalue weighted by Gasteiger charge is -2.27. The van der Waals surface area contributed by atoms with Gasteiger partial charge in [-0.15, -0.1) is 5.10 Å². The lowest BCUT2D eigenvalue weighted by molar-refractivity contribution is 0.0594. The Hall–Kier alpha value is -1.01. The fourth-order valence-corrected chi connectivity index (χ4v) is 2.47. The van der Waals surface area contributed by atoms with Crippen molar-refractivity contribution in [1.82, 2.24) is 14.5 Å².